The van der Waals surface area contributed by atoms with Crippen molar-refractivity contribution in [1.82, 2.24) is 14.5 Å². The molecule has 3 aromatic heterocycles. The standard InChI is InChI=1S/C56H42N5Si2/c1-6-21-42(22-7-1)44-38-37-43-39-40-54(57-51(43)41-44)59-63(47-27-12-4-13-28-47,48-29-14-5-15-30-48)61(62(45-23-8-2-9-24-45)46-25-10-3-11-26-46)56-36-20-35-55(58-56)60-52-33-18-16-31-49(52)50-32-17-19-34-53(50)60/h1-41H,(H,57,59). The van der Waals surface area contributed by atoms with E-state index < -0.39 is 17.4 Å². The second kappa shape index (κ2) is 16.5. The van der Waals surface area contributed by atoms with Crippen molar-refractivity contribution in [2.24, 2.45) is 0 Å². The maximum atomic E-state index is 5.83. The van der Waals surface area contributed by atoms with E-state index in [1.165, 1.54) is 31.5 Å². The molecule has 0 unspecified atom stereocenters. The number of hydrogen-bond donors (Lipinski definition) is 1. The van der Waals surface area contributed by atoms with Gasteiger partial charge in [0.25, 0.3) is 0 Å². The summed E-state index contributed by atoms with van der Waals surface area (Å²) in [6, 6.07) is 89.4. The van der Waals surface area contributed by atoms with Crippen LogP contribution in [0.2, 0.25) is 0 Å². The molecule has 11 rings (SSSR count). The molecule has 0 bridgehead atoms. The molecule has 0 aliphatic rings. The first kappa shape index (κ1) is 38.1. The molecule has 0 aliphatic heterocycles. The quantitative estimate of drug-likeness (QED) is 0.132. The lowest BCUT2D eigenvalue weighted by Gasteiger charge is -2.47. The molecule has 3 heterocycles. The van der Waals surface area contributed by atoms with Gasteiger partial charge >= 0.3 is 8.40 Å². The van der Waals surface area contributed by atoms with Crippen molar-refractivity contribution >= 4 is 82.4 Å². The number of fused-ring (bicyclic) bond motifs is 4. The first-order valence-electron chi connectivity index (χ1n) is 21.3. The van der Waals surface area contributed by atoms with Crippen LogP contribution in [0.25, 0.3) is 49.7 Å². The number of nitrogens with zero attached hydrogens (tertiary/aromatic N) is 4. The number of pyridine rings is 2. The lowest BCUT2D eigenvalue weighted by Crippen LogP contribution is -2.82. The summed E-state index contributed by atoms with van der Waals surface area (Å²) in [6.45, 7) is 0. The van der Waals surface area contributed by atoms with E-state index in [0.29, 0.717) is 0 Å². The van der Waals surface area contributed by atoms with Gasteiger partial charge in [-0.25, -0.2) is 9.97 Å². The second-order valence-corrected chi connectivity index (χ2v) is 21.7. The highest BCUT2D eigenvalue weighted by atomic mass is 28.4. The fourth-order valence-corrected chi connectivity index (χ4v) is 17.9. The van der Waals surface area contributed by atoms with E-state index in [4.69, 9.17) is 9.97 Å². The summed E-state index contributed by atoms with van der Waals surface area (Å²) in [4.78, 5) is 15.7. The summed E-state index contributed by atoms with van der Waals surface area (Å²) in [5.74, 6) is 2.55. The number of nitrogens with one attached hydrogen (secondary N) is 1. The van der Waals surface area contributed by atoms with Gasteiger partial charge in [0.1, 0.15) is 17.5 Å². The Bertz CT molecular complexity index is 3200. The predicted octanol–water partition coefficient (Wildman–Crippen LogP) is 10.4. The zero-order chi connectivity index (χ0) is 42.0. The minimum atomic E-state index is -3.47. The minimum Gasteiger partial charge on any atom is -0.379 e. The van der Waals surface area contributed by atoms with Crippen LogP contribution in [0.4, 0.5) is 11.6 Å². The van der Waals surface area contributed by atoms with Crippen molar-refractivity contribution in [2.75, 3.05) is 9.21 Å². The SMILES string of the molecule is c1ccc(-c2ccc3ccc(N[Si](c4ccccc4)(c4ccccc4)N(c4cccc(-n5c6ccccc6c6ccccc65)n4)[Si](c4ccccc4)c4ccccc4)nc3c2)cc1. The molecule has 0 spiro atoms. The molecule has 1 N–H and O–H groups in total. The van der Waals surface area contributed by atoms with Crippen molar-refractivity contribution in [3.8, 4) is 16.9 Å². The minimum absolute atomic E-state index is 0.804. The smallest absolute Gasteiger partial charge is 0.323 e. The molecule has 299 valence electrons. The lowest BCUT2D eigenvalue weighted by molar-refractivity contribution is 1.07. The Hall–Kier alpha value is -7.85. The number of anilines is 2. The Labute approximate surface area is 370 Å². The molecule has 8 aromatic carbocycles. The van der Waals surface area contributed by atoms with Gasteiger partial charge in [0.15, 0.2) is 0 Å². The summed E-state index contributed by atoms with van der Waals surface area (Å²) >= 11 is 0. The average molecular weight is 841 g/mol. The van der Waals surface area contributed by atoms with E-state index in [0.717, 1.165) is 50.5 Å². The molecule has 7 heteroatoms. The fraction of sp³-hybridized carbons (Fsp3) is 0. The normalized spacial score (nSPS) is 11.6. The molecule has 63 heavy (non-hydrogen) atoms. The van der Waals surface area contributed by atoms with Crippen LogP contribution in [0.1, 0.15) is 0 Å². The number of hydrogen-bond acceptors (Lipinski definition) is 4. The topological polar surface area (TPSA) is 46.0 Å². The van der Waals surface area contributed by atoms with Crippen LogP contribution in [0, 0.1) is 0 Å². The number of benzene rings is 8. The van der Waals surface area contributed by atoms with Gasteiger partial charge < -0.3 is 9.21 Å². The fourth-order valence-electron chi connectivity index (χ4n) is 9.07. The molecule has 0 aliphatic carbocycles. The molecular weight excluding hydrogens is 799 g/mol. The Morgan fingerprint density at radius 3 is 1.52 bits per heavy atom. The van der Waals surface area contributed by atoms with Crippen molar-refractivity contribution in [3.05, 3.63) is 249 Å². The Morgan fingerprint density at radius 1 is 0.429 bits per heavy atom. The monoisotopic (exact) mass is 840 g/mol. The van der Waals surface area contributed by atoms with Gasteiger partial charge in [-0.2, -0.15) is 0 Å². The van der Waals surface area contributed by atoms with Gasteiger partial charge in [0.05, 0.1) is 16.6 Å². The first-order chi connectivity index (χ1) is 31.2. The van der Waals surface area contributed by atoms with Gasteiger partial charge in [-0.05, 0) is 74.3 Å². The van der Waals surface area contributed by atoms with Crippen LogP contribution in [0.3, 0.4) is 0 Å². The van der Waals surface area contributed by atoms with Crippen LogP contribution in [0.5, 0.6) is 0 Å². The van der Waals surface area contributed by atoms with E-state index in [1.807, 2.05) is 0 Å². The highest BCUT2D eigenvalue weighted by Crippen LogP contribution is 2.33. The van der Waals surface area contributed by atoms with Crippen LogP contribution >= 0.6 is 0 Å². The van der Waals surface area contributed by atoms with Gasteiger partial charge in [-0.1, -0.05) is 206 Å². The second-order valence-electron chi connectivity index (χ2n) is 15.7. The van der Waals surface area contributed by atoms with Crippen LogP contribution in [0.15, 0.2) is 249 Å². The molecule has 0 saturated heterocycles. The lowest BCUT2D eigenvalue weighted by atomic mass is 10.0. The summed E-state index contributed by atoms with van der Waals surface area (Å²) in [5, 5.41) is 8.37. The summed E-state index contributed by atoms with van der Waals surface area (Å²) in [7, 11) is -5.35. The first-order valence-corrected chi connectivity index (χ1v) is 24.7. The van der Waals surface area contributed by atoms with Gasteiger partial charge in [0.2, 0.25) is 8.96 Å². The van der Waals surface area contributed by atoms with E-state index in [-0.39, 0.29) is 0 Å². The van der Waals surface area contributed by atoms with Gasteiger partial charge in [-0.15, -0.1) is 0 Å². The van der Waals surface area contributed by atoms with Gasteiger partial charge in [0, 0.05) is 16.2 Å². The summed E-state index contributed by atoms with van der Waals surface area (Å²) in [5.41, 5.74) is 5.47. The van der Waals surface area contributed by atoms with Crippen LogP contribution < -0.4 is 30.0 Å². The zero-order valence-electron chi connectivity index (χ0n) is 34.5. The Balaban J connectivity index is 1.22. The summed E-state index contributed by atoms with van der Waals surface area (Å²) < 4.78 is 5.04. The molecule has 5 nitrogen and oxygen atoms in total. The summed E-state index contributed by atoms with van der Waals surface area (Å²) in [6.07, 6.45) is 0. The highest BCUT2D eigenvalue weighted by Gasteiger charge is 2.51. The van der Waals surface area contributed by atoms with Crippen LogP contribution in [-0.2, 0) is 0 Å². The number of rotatable bonds is 11. The molecule has 0 amide bonds. The third-order valence-electron chi connectivity index (χ3n) is 11.9. The molecule has 0 saturated carbocycles. The number of para-hydroxylation sites is 2. The van der Waals surface area contributed by atoms with Crippen molar-refractivity contribution in [3.63, 3.8) is 0 Å². The number of aromatic nitrogens is 3. The van der Waals surface area contributed by atoms with Gasteiger partial charge in [-0.3, -0.25) is 4.57 Å². The zero-order valence-corrected chi connectivity index (χ0v) is 36.5. The van der Waals surface area contributed by atoms with E-state index >= 15 is 0 Å². The van der Waals surface area contributed by atoms with Crippen LogP contribution in [-0.4, -0.2) is 31.9 Å². The maximum absolute atomic E-state index is 5.83. The average Bonchev–Trinajstić information content (AvgIpc) is 3.70. The molecule has 11 aromatic rings. The highest BCUT2D eigenvalue weighted by molar-refractivity contribution is 7.16. The molecule has 0 fully saturated rings. The third kappa shape index (κ3) is 6.99. The third-order valence-corrected chi connectivity index (χ3v) is 19.9. The Morgan fingerprint density at radius 2 is 0.937 bits per heavy atom. The van der Waals surface area contributed by atoms with Crippen molar-refractivity contribution < 1.29 is 0 Å². The van der Waals surface area contributed by atoms with Crippen molar-refractivity contribution in [2.45, 2.75) is 0 Å². The predicted molar refractivity (Wildman–Crippen MR) is 268 cm³/mol. The van der Waals surface area contributed by atoms with E-state index in [9.17, 15) is 0 Å². The molecule has 1 radical (unpaired) electrons. The largest absolute Gasteiger partial charge is 0.379 e. The maximum Gasteiger partial charge on any atom is 0.323 e. The molecule has 0 atom stereocenters. The Kier molecular flexibility index (Phi) is 10.0. The van der Waals surface area contributed by atoms with E-state index in [1.54, 1.807) is 0 Å². The molecular formula is C56H42N5Si2. The van der Waals surface area contributed by atoms with Crippen molar-refractivity contribution in [1.29, 1.82) is 0 Å². The van der Waals surface area contributed by atoms with E-state index in [2.05, 4.69) is 263 Å².